The van der Waals surface area contributed by atoms with Gasteiger partial charge < -0.3 is 16.0 Å². The van der Waals surface area contributed by atoms with Gasteiger partial charge in [0.1, 0.15) is 12.6 Å². The van der Waals surface area contributed by atoms with E-state index < -0.39 is 6.04 Å². The minimum absolute atomic E-state index is 0.0898. The van der Waals surface area contributed by atoms with Gasteiger partial charge in [-0.2, -0.15) is 5.10 Å². The third-order valence-electron chi connectivity index (χ3n) is 5.58. The van der Waals surface area contributed by atoms with Gasteiger partial charge >= 0.3 is 0 Å². The van der Waals surface area contributed by atoms with Gasteiger partial charge in [-0.3, -0.25) is 19.1 Å². The molecule has 9 heteroatoms. The van der Waals surface area contributed by atoms with Crippen molar-refractivity contribution in [2.75, 3.05) is 5.32 Å². The molecule has 1 aliphatic rings. The molecular formula is C24H27N5O3S. The predicted molar refractivity (Wildman–Crippen MR) is 127 cm³/mol. The van der Waals surface area contributed by atoms with Crippen LogP contribution >= 0.6 is 11.3 Å². The molecule has 1 unspecified atom stereocenters. The van der Waals surface area contributed by atoms with Crippen LogP contribution in [0.4, 0.5) is 5.69 Å². The summed E-state index contributed by atoms with van der Waals surface area (Å²) in [4.78, 5) is 38.4. The fourth-order valence-corrected chi connectivity index (χ4v) is 4.56. The molecule has 3 N–H and O–H groups in total. The number of hydrogen-bond acceptors (Lipinski definition) is 5. The summed E-state index contributed by atoms with van der Waals surface area (Å²) in [7, 11) is 0. The highest BCUT2D eigenvalue weighted by Crippen LogP contribution is 2.17. The molecule has 33 heavy (non-hydrogen) atoms. The van der Waals surface area contributed by atoms with Crippen LogP contribution in [0.25, 0.3) is 0 Å². The Hall–Kier alpha value is -3.46. The molecule has 1 aliphatic carbocycles. The predicted octanol–water partition coefficient (Wildman–Crippen LogP) is 2.98. The molecule has 0 spiro atoms. The second kappa shape index (κ2) is 10.9. The topological polar surface area (TPSA) is 105 Å². The fourth-order valence-electron chi connectivity index (χ4n) is 3.93. The van der Waals surface area contributed by atoms with Crippen molar-refractivity contribution in [3.63, 3.8) is 0 Å². The summed E-state index contributed by atoms with van der Waals surface area (Å²) in [6, 6.07) is 12.5. The number of anilines is 1. The highest BCUT2D eigenvalue weighted by atomic mass is 32.1. The second-order valence-electron chi connectivity index (χ2n) is 8.16. The molecule has 8 nitrogen and oxygen atoms in total. The van der Waals surface area contributed by atoms with Crippen LogP contribution in [-0.2, 0) is 22.6 Å². The summed E-state index contributed by atoms with van der Waals surface area (Å²) in [6.07, 6.45) is 7.81. The van der Waals surface area contributed by atoms with Gasteiger partial charge in [0, 0.05) is 18.7 Å². The third kappa shape index (κ3) is 6.52. The first-order valence-corrected chi connectivity index (χ1v) is 12.0. The van der Waals surface area contributed by atoms with E-state index in [-0.39, 0.29) is 30.3 Å². The molecule has 0 radical (unpaired) electrons. The smallest absolute Gasteiger partial charge is 0.262 e. The lowest BCUT2D eigenvalue weighted by Crippen LogP contribution is -2.45. The first-order valence-electron chi connectivity index (χ1n) is 11.1. The van der Waals surface area contributed by atoms with E-state index in [1.807, 2.05) is 35.7 Å². The van der Waals surface area contributed by atoms with Crippen LogP contribution in [0.3, 0.4) is 0 Å². The molecule has 2 aromatic heterocycles. The number of aromatic nitrogens is 2. The fraction of sp³-hybridized carbons (Fsp3) is 0.333. The summed E-state index contributed by atoms with van der Waals surface area (Å²) in [5.41, 5.74) is 1.40. The maximum absolute atomic E-state index is 13.0. The van der Waals surface area contributed by atoms with E-state index in [0.29, 0.717) is 17.0 Å². The van der Waals surface area contributed by atoms with Gasteiger partial charge in [0.05, 0.1) is 16.8 Å². The van der Waals surface area contributed by atoms with E-state index in [1.54, 1.807) is 18.3 Å². The molecule has 4 rings (SSSR count). The zero-order chi connectivity index (χ0) is 23.0. The van der Waals surface area contributed by atoms with Gasteiger partial charge in [-0.15, -0.1) is 11.3 Å². The molecule has 0 bridgehead atoms. The first kappa shape index (κ1) is 22.7. The third-order valence-corrected chi connectivity index (χ3v) is 6.44. The van der Waals surface area contributed by atoms with Crippen LogP contribution < -0.4 is 16.0 Å². The average Bonchev–Trinajstić information content (AvgIpc) is 3.57. The Kier molecular flexibility index (Phi) is 7.51. The standard InChI is InChI=1S/C24H27N5O3S/c30-22(26-18-9-4-5-10-18)16-29-15-19(14-25-29)27-23(31)20(13-17-7-2-1-3-8-17)28-24(32)21-11-6-12-33-21/h1-3,6-8,11-12,14-15,18,20H,4-5,9-10,13,16H2,(H,26,30)(H,27,31)(H,28,32). The number of benzene rings is 1. The van der Waals surface area contributed by atoms with Crippen molar-refractivity contribution < 1.29 is 14.4 Å². The van der Waals surface area contributed by atoms with Gasteiger partial charge in [-0.25, -0.2) is 0 Å². The number of rotatable bonds is 9. The van der Waals surface area contributed by atoms with E-state index in [2.05, 4.69) is 21.0 Å². The van der Waals surface area contributed by atoms with Gasteiger partial charge in [0.15, 0.2) is 0 Å². The lowest BCUT2D eigenvalue weighted by atomic mass is 10.1. The summed E-state index contributed by atoms with van der Waals surface area (Å²) in [5.74, 6) is -0.730. The largest absolute Gasteiger partial charge is 0.352 e. The Balaban J connectivity index is 1.38. The van der Waals surface area contributed by atoms with E-state index in [0.717, 1.165) is 31.2 Å². The van der Waals surface area contributed by atoms with Gasteiger partial charge in [-0.1, -0.05) is 49.2 Å². The van der Waals surface area contributed by atoms with Crippen LogP contribution in [0.2, 0.25) is 0 Å². The van der Waals surface area contributed by atoms with Crippen LogP contribution in [0, 0.1) is 0 Å². The van der Waals surface area contributed by atoms with Crippen molar-refractivity contribution in [3.8, 4) is 0 Å². The molecule has 0 aliphatic heterocycles. The van der Waals surface area contributed by atoms with E-state index in [4.69, 9.17) is 0 Å². The number of nitrogens with one attached hydrogen (secondary N) is 3. The zero-order valence-corrected chi connectivity index (χ0v) is 19.0. The summed E-state index contributed by atoms with van der Waals surface area (Å²) in [6.45, 7) is 0.0922. The second-order valence-corrected chi connectivity index (χ2v) is 9.11. The lowest BCUT2D eigenvalue weighted by Gasteiger charge is -2.18. The molecule has 172 valence electrons. The molecule has 1 atom stereocenters. The van der Waals surface area contributed by atoms with E-state index >= 15 is 0 Å². The van der Waals surface area contributed by atoms with Crippen LogP contribution in [-0.4, -0.2) is 39.6 Å². The van der Waals surface area contributed by atoms with Crippen molar-refractivity contribution in [3.05, 3.63) is 70.7 Å². The molecule has 0 saturated heterocycles. The van der Waals surface area contributed by atoms with Crippen molar-refractivity contribution >= 4 is 34.7 Å². The SMILES string of the molecule is O=C(Cn1cc(NC(=O)C(Cc2ccccc2)NC(=O)c2cccs2)cn1)NC1CCCC1. The van der Waals surface area contributed by atoms with Crippen molar-refractivity contribution in [1.82, 2.24) is 20.4 Å². The highest BCUT2D eigenvalue weighted by molar-refractivity contribution is 7.12. The minimum Gasteiger partial charge on any atom is -0.352 e. The normalized spacial score (nSPS) is 14.5. The number of hydrogen-bond donors (Lipinski definition) is 3. The Morgan fingerprint density at radius 1 is 1.09 bits per heavy atom. The molecule has 2 heterocycles. The summed E-state index contributed by atoms with van der Waals surface area (Å²) < 4.78 is 1.50. The summed E-state index contributed by atoms with van der Waals surface area (Å²) in [5, 5.41) is 14.7. The Labute approximate surface area is 196 Å². The first-order chi connectivity index (χ1) is 16.1. The van der Waals surface area contributed by atoms with E-state index in [9.17, 15) is 14.4 Å². The molecule has 1 aromatic carbocycles. The van der Waals surface area contributed by atoms with Crippen LogP contribution in [0.15, 0.2) is 60.2 Å². The van der Waals surface area contributed by atoms with Gasteiger partial charge in [-0.05, 0) is 29.9 Å². The molecule has 1 fully saturated rings. The van der Waals surface area contributed by atoms with Gasteiger partial charge in [0.25, 0.3) is 5.91 Å². The molecular weight excluding hydrogens is 438 g/mol. The Morgan fingerprint density at radius 2 is 1.88 bits per heavy atom. The zero-order valence-electron chi connectivity index (χ0n) is 18.2. The number of amides is 3. The quantitative estimate of drug-likeness (QED) is 0.452. The lowest BCUT2D eigenvalue weighted by molar-refractivity contribution is -0.122. The Morgan fingerprint density at radius 3 is 2.61 bits per heavy atom. The van der Waals surface area contributed by atoms with Crippen molar-refractivity contribution in [2.45, 2.75) is 50.7 Å². The maximum Gasteiger partial charge on any atom is 0.262 e. The molecule has 3 amide bonds. The molecule has 3 aromatic rings. The van der Waals surface area contributed by atoms with E-state index in [1.165, 1.54) is 22.2 Å². The highest BCUT2D eigenvalue weighted by Gasteiger charge is 2.23. The van der Waals surface area contributed by atoms with Crippen molar-refractivity contribution in [1.29, 1.82) is 0 Å². The number of thiophene rings is 1. The van der Waals surface area contributed by atoms with Crippen molar-refractivity contribution in [2.24, 2.45) is 0 Å². The number of nitrogens with zero attached hydrogens (tertiary/aromatic N) is 2. The van der Waals surface area contributed by atoms with Gasteiger partial charge in [0.2, 0.25) is 11.8 Å². The number of carbonyl (C=O) groups is 3. The maximum atomic E-state index is 13.0. The van der Waals surface area contributed by atoms with Crippen LogP contribution in [0.5, 0.6) is 0 Å². The molecule has 1 saturated carbocycles. The average molecular weight is 466 g/mol. The minimum atomic E-state index is -0.768. The summed E-state index contributed by atoms with van der Waals surface area (Å²) >= 11 is 1.32. The monoisotopic (exact) mass is 465 g/mol. The van der Waals surface area contributed by atoms with Crippen LogP contribution in [0.1, 0.15) is 40.9 Å². The number of carbonyl (C=O) groups excluding carboxylic acids is 3. The Bertz CT molecular complexity index is 1070.